The van der Waals surface area contributed by atoms with E-state index in [1.54, 1.807) is 7.11 Å². The molecule has 0 aliphatic carbocycles. The number of nitrogens with zero attached hydrogens (tertiary/aromatic N) is 4. The molecule has 0 spiro atoms. The Labute approximate surface area is 166 Å². The van der Waals surface area contributed by atoms with E-state index in [4.69, 9.17) is 4.74 Å². The number of ether oxygens (including phenoxy) is 1. The molecule has 5 nitrogen and oxygen atoms in total. The van der Waals surface area contributed by atoms with E-state index in [2.05, 4.69) is 37.9 Å². The average molecular weight is 387 g/mol. The van der Waals surface area contributed by atoms with Crippen LogP contribution < -0.4 is 9.64 Å². The Hall–Kier alpha value is -1.63. The lowest BCUT2D eigenvalue weighted by molar-refractivity contribution is 0.216. The molecule has 3 heterocycles. The lowest BCUT2D eigenvalue weighted by atomic mass is 10.2. The maximum absolute atomic E-state index is 5.52. The molecule has 0 unspecified atom stereocenters. The van der Waals surface area contributed by atoms with Crippen molar-refractivity contribution in [2.45, 2.75) is 25.8 Å². The fourth-order valence-corrected chi connectivity index (χ4v) is 5.05. The van der Waals surface area contributed by atoms with Gasteiger partial charge in [0.05, 0.1) is 24.0 Å². The second-order valence-corrected chi connectivity index (χ2v) is 8.40. The number of thiazole rings is 1. The molecular weight excluding hydrogens is 356 g/mol. The van der Waals surface area contributed by atoms with E-state index in [0.717, 1.165) is 44.9 Å². The zero-order chi connectivity index (χ0) is 18.5. The van der Waals surface area contributed by atoms with Crippen molar-refractivity contribution in [3.05, 3.63) is 40.3 Å². The molecule has 2 aliphatic rings. The number of benzene rings is 1. The summed E-state index contributed by atoms with van der Waals surface area (Å²) in [5.41, 5.74) is 4.58. The number of hydrogen-bond donors (Lipinski definition) is 0. The number of aromatic nitrogens is 1. The van der Waals surface area contributed by atoms with Gasteiger partial charge in [0.15, 0.2) is 0 Å². The normalized spacial score (nSPS) is 18.9. The first-order chi connectivity index (χ1) is 13.3. The molecular formula is C21H30N4OS. The van der Waals surface area contributed by atoms with Crippen molar-refractivity contribution < 1.29 is 4.74 Å². The second-order valence-electron chi connectivity index (χ2n) is 7.46. The molecule has 0 bridgehead atoms. The first-order valence-electron chi connectivity index (χ1n) is 10.1. The topological polar surface area (TPSA) is 31.8 Å². The smallest absolute Gasteiger partial charge is 0.142 e. The van der Waals surface area contributed by atoms with Gasteiger partial charge in [-0.15, -0.1) is 11.3 Å². The van der Waals surface area contributed by atoms with Gasteiger partial charge >= 0.3 is 0 Å². The van der Waals surface area contributed by atoms with Gasteiger partial charge in [0.2, 0.25) is 0 Å². The number of aryl methyl sites for hydroxylation is 1. The van der Waals surface area contributed by atoms with Crippen LogP contribution in [0.5, 0.6) is 5.75 Å². The van der Waals surface area contributed by atoms with Crippen LogP contribution >= 0.6 is 11.3 Å². The molecule has 1 aromatic carbocycles. The van der Waals surface area contributed by atoms with Gasteiger partial charge in [0.1, 0.15) is 5.75 Å². The summed E-state index contributed by atoms with van der Waals surface area (Å²) in [6, 6.07) is 8.36. The summed E-state index contributed by atoms with van der Waals surface area (Å²) in [4.78, 5) is 13.7. The Morgan fingerprint density at radius 1 is 1.04 bits per heavy atom. The van der Waals surface area contributed by atoms with Crippen molar-refractivity contribution in [2.75, 3.05) is 57.8 Å². The van der Waals surface area contributed by atoms with Crippen LogP contribution in [0.25, 0.3) is 0 Å². The average Bonchev–Trinajstić information content (AvgIpc) is 3.06. The minimum absolute atomic E-state index is 0.981. The van der Waals surface area contributed by atoms with Crippen molar-refractivity contribution in [1.82, 2.24) is 14.8 Å². The van der Waals surface area contributed by atoms with Gasteiger partial charge in [-0.2, -0.15) is 0 Å². The van der Waals surface area contributed by atoms with Gasteiger partial charge in [-0.3, -0.25) is 9.80 Å². The van der Waals surface area contributed by atoms with Crippen molar-refractivity contribution in [2.24, 2.45) is 0 Å². The van der Waals surface area contributed by atoms with E-state index in [-0.39, 0.29) is 0 Å². The fraction of sp³-hybridized carbons (Fsp3) is 0.571. The summed E-state index contributed by atoms with van der Waals surface area (Å²) in [6.07, 6.45) is 3.65. The lowest BCUT2D eigenvalue weighted by Gasteiger charge is -2.36. The van der Waals surface area contributed by atoms with Crippen molar-refractivity contribution in [1.29, 1.82) is 0 Å². The second kappa shape index (κ2) is 9.04. The van der Waals surface area contributed by atoms with E-state index >= 15 is 0 Å². The molecule has 0 radical (unpaired) electrons. The third-order valence-corrected chi connectivity index (χ3v) is 6.59. The molecule has 1 saturated heterocycles. The van der Waals surface area contributed by atoms with Gasteiger partial charge in [0.25, 0.3) is 0 Å². The summed E-state index contributed by atoms with van der Waals surface area (Å²) in [5, 5.41) is 0. The number of hydrogen-bond acceptors (Lipinski definition) is 6. The highest BCUT2D eigenvalue weighted by Gasteiger charge is 2.20. The van der Waals surface area contributed by atoms with Crippen LogP contribution in [0.3, 0.4) is 0 Å². The monoisotopic (exact) mass is 386 g/mol. The lowest BCUT2D eigenvalue weighted by Crippen LogP contribution is -2.47. The predicted molar refractivity (Wildman–Crippen MR) is 112 cm³/mol. The summed E-state index contributed by atoms with van der Waals surface area (Å²) in [5.74, 6) is 0.981. The van der Waals surface area contributed by atoms with Crippen molar-refractivity contribution in [3.8, 4) is 5.75 Å². The number of rotatable bonds is 6. The number of fused-ring (bicyclic) bond motifs is 1. The summed E-state index contributed by atoms with van der Waals surface area (Å²) in [6.45, 7) is 9.14. The zero-order valence-electron chi connectivity index (χ0n) is 16.3. The molecule has 6 heteroatoms. The molecule has 2 aromatic rings. The molecule has 146 valence electrons. The Kier molecular flexibility index (Phi) is 6.27. The first-order valence-corrected chi connectivity index (χ1v) is 11.0. The number of methoxy groups -OCH3 is 1. The van der Waals surface area contributed by atoms with Crippen LogP contribution in [-0.4, -0.2) is 67.7 Å². The largest absolute Gasteiger partial charge is 0.495 e. The van der Waals surface area contributed by atoms with Gasteiger partial charge in [0, 0.05) is 37.6 Å². The van der Waals surface area contributed by atoms with E-state index < -0.39 is 0 Å². The first kappa shape index (κ1) is 18.7. The summed E-state index contributed by atoms with van der Waals surface area (Å²) in [7, 11) is 1.76. The Balaban J connectivity index is 1.21. The minimum Gasteiger partial charge on any atom is -0.495 e. The molecule has 0 atom stereocenters. The van der Waals surface area contributed by atoms with Crippen LogP contribution in [0, 0.1) is 0 Å². The van der Waals surface area contributed by atoms with E-state index in [9.17, 15) is 0 Å². The Morgan fingerprint density at radius 3 is 2.70 bits per heavy atom. The molecule has 0 N–H and O–H groups in total. The number of piperazine rings is 1. The predicted octanol–water partition coefficient (Wildman–Crippen LogP) is 3.11. The van der Waals surface area contributed by atoms with Gasteiger partial charge in [-0.05, 0) is 51.0 Å². The molecule has 0 amide bonds. The third kappa shape index (κ3) is 4.62. The Bertz CT molecular complexity index is 726. The maximum atomic E-state index is 5.52. The van der Waals surface area contributed by atoms with Crippen LogP contribution in [0.4, 0.5) is 5.69 Å². The zero-order valence-corrected chi connectivity index (χ0v) is 17.1. The summed E-state index contributed by atoms with van der Waals surface area (Å²) < 4.78 is 5.52. The molecule has 2 aliphatic heterocycles. The molecule has 0 saturated carbocycles. The van der Waals surface area contributed by atoms with Gasteiger partial charge in [-0.25, -0.2) is 4.98 Å². The summed E-state index contributed by atoms with van der Waals surface area (Å²) >= 11 is 1.83. The highest BCUT2D eigenvalue weighted by Crippen LogP contribution is 2.28. The standard InChI is InChI=1S/C21H30N4OS/c1-26-20-8-3-2-7-19(20)25-14-12-23(13-15-25)10-5-11-24-9-4-6-18-21(16-24)27-17-22-18/h2-3,7-8,17H,4-6,9-16H2,1H3. The van der Waals surface area contributed by atoms with Crippen LogP contribution in [0.2, 0.25) is 0 Å². The SMILES string of the molecule is COc1ccccc1N1CCN(CCCN2CCCc3ncsc3C2)CC1. The molecule has 1 aromatic heterocycles. The quantitative estimate of drug-likeness (QED) is 0.762. The molecule has 4 rings (SSSR count). The number of anilines is 1. The van der Waals surface area contributed by atoms with E-state index in [1.165, 1.54) is 48.7 Å². The van der Waals surface area contributed by atoms with E-state index in [0.29, 0.717) is 0 Å². The highest BCUT2D eigenvalue weighted by atomic mass is 32.1. The van der Waals surface area contributed by atoms with Crippen LogP contribution in [0.15, 0.2) is 29.8 Å². The fourth-order valence-electron chi connectivity index (χ4n) is 4.19. The molecule has 1 fully saturated rings. The van der Waals surface area contributed by atoms with Crippen LogP contribution in [-0.2, 0) is 13.0 Å². The van der Waals surface area contributed by atoms with Crippen LogP contribution in [0.1, 0.15) is 23.4 Å². The van der Waals surface area contributed by atoms with Gasteiger partial charge in [-0.1, -0.05) is 12.1 Å². The highest BCUT2D eigenvalue weighted by molar-refractivity contribution is 7.09. The van der Waals surface area contributed by atoms with Crippen molar-refractivity contribution >= 4 is 17.0 Å². The maximum Gasteiger partial charge on any atom is 0.142 e. The van der Waals surface area contributed by atoms with Gasteiger partial charge < -0.3 is 9.64 Å². The van der Waals surface area contributed by atoms with Crippen molar-refractivity contribution in [3.63, 3.8) is 0 Å². The Morgan fingerprint density at radius 2 is 1.85 bits per heavy atom. The number of para-hydroxylation sites is 2. The molecule has 27 heavy (non-hydrogen) atoms. The van der Waals surface area contributed by atoms with E-state index in [1.807, 2.05) is 22.9 Å². The third-order valence-electron chi connectivity index (χ3n) is 5.73. The minimum atomic E-state index is 0.981.